The van der Waals surface area contributed by atoms with E-state index in [0.29, 0.717) is 28.8 Å². The maximum absolute atomic E-state index is 12.0. The van der Waals surface area contributed by atoms with Crippen molar-refractivity contribution < 1.29 is 14.3 Å². The average molecular weight is 363 g/mol. The Balaban J connectivity index is 1.77. The summed E-state index contributed by atoms with van der Waals surface area (Å²) in [7, 11) is 3.22. The van der Waals surface area contributed by atoms with E-state index in [1.807, 2.05) is 37.3 Å². The Morgan fingerprint density at radius 3 is 2.52 bits per heavy atom. The molecule has 2 aromatic carbocycles. The molecule has 0 fully saturated rings. The number of hydrogen-bond donors (Lipinski definition) is 2. The summed E-state index contributed by atoms with van der Waals surface area (Å²) < 4.78 is 10.5. The second-order valence-electron chi connectivity index (χ2n) is 5.63. The molecule has 0 unspecified atom stereocenters. The molecule has 0 aliphatic rings. The number of hydrogen-bond acceptors (Lipinski definition) is 4. The van der Waals surface area contributed by atoms with Crippen molar-refractivity contribution in [2.45, 2.75) is 13.3 Å². The summed E-state index contributed by atoms with van der Waals surface area (Å²) in [6.07, 6.45) is 0.782. The Bertz CT molecular complexity index is 735. The van der Waals surface area contributed by atoms with Crippen molar-refractivity contribution in [1.82, 2.24) is 5.32 Å². The Hall–Kier alpha value is -2.24. The zero-order valence-corrected chi connectivity index (χ0v) is 15.4. The molecular formula is C19H23ClN2O3. The van der Waals surface area contributed by atoms with Gasteiger partial charge in [-0.25, -0.2) is 0 Å². The fraction of sp³-hybridized carbons (Fsp3) is 0.316. The van der Waals surface area contributed by atoms with Gasteiger partial charge in [0.1, 0.15) is 0 Å². The molecule has 2 rings (SSSR count). The first-order valence-electron chi connectivity index (χ1n) is 8.01. The number of rotatable bonds is 8. The van der Waals surface area contributed by atoms with Gasteiger partial charge in [0.05, 0.1) is 20.8 Å². The summed E-state index contributed by atoms with van der Waals surface area (Å²) in [4.78, 5) is 12.0. The molecule has 0 saturated carbocycles. The Labute approximate surface area is 153 Å². The van der Waals surface area contributed by atoms with Gasteiger partial charge in [-0.3, -0.25) is 4.79 Å². The number of aryl methyl sites for hydroxylation is 1. The molecule has 6 heteroatoms. The average Bonchev–Trinajstić information content (AvgIpc) is 2.61. The van der Waals surface area contributed by atoms with E-state index >= 15 is 0 Å². The fourth-order valence-corrected chi connectivity index (χ4v) is 2.53. The highest BCUT2D eigenvalue weighted by atomic mass is 35.5. The smallest absolute Gasteiger partial charge is 0.238 e. The Morgan fingerprint density at radius 2 is 1.84 bits per heavy atom. The lowest BCUT2D eigenvalue weighted by molar-refractivity contribution is -0.115. The molecule has 5 nitrogen and oxygen atoms in total. The third-order valence-corrected chi connectivity index (χ3v) is 4.19. The second-order valence-corrected chi connectivity index (χ2v) is 6.04. The largest absolute Gasteiger partial charge is 0.493 e. The summed E-state index contributed by atoms with van der Waals surface area (Å²) in [6.45, 7) is 2.83. The fourth-order valence-electron chi connectivity index (χ4n) is 2.35. The van der Waals surface area contributed by atoms with Gasteiger partial charge in [0, 0.05) is 10.7 Å². The molecule has 25 heavy (non-hydrogen) atoms. The minimum Gasteiger partial charge on any atom is -0.493 e. The van der Waals surface area contributed by atoms with Gasteiger partial charge in [-0.2, -0.15) is 0 Å². The van der Waals surface area contributed by atoms with E-state index < -0.39 is 0 Å². The summed E-state index contributed by atoms with van der Waals surface area (Å²) in [5, 5.41) is 6.59. The number of halogens is 1. The van der Waals surface area contributed by atoms with E-state index in [4.69, 9.17) is 21.1 Å². The number of carbonyl (C=O) groups is 1. The van der Waals surface area contributed by atoms with Gasteiger partial charge in [0.15, 0.2) is 11.5 Å². The van der Waals surface area contributed by atoms with E-state index in [0.717, 1.165) is 17.5 Å². The van der Waals surface area contributed by atoms with Crippen LogP contribution in [0.2, 0.25) is 5.02 Å². The van der Waals surface area contributed by atoms with Crippen molar-refractivity contribution in [3.63, 3.8) is 0 Å². The molecule has 0 aliphatic heterocycles. The maximum Gasteiger partial charge on any atom is 0.238 e. The highest BCUT2D eigenvalue weighted by Crippen LogP contribution is 2.27. The number of benzene rings is 2. The van der Waals surface area contributed by atoms with Crippen LogP contribution < -0.4 is 20.1 Å². The molecule has 0 aliphatic carbocycles. The number of ether oxygens (including phenoxy) is 2. The summed E-state index contributed by atoms with van der Waals surface area (Å²) in [6, 6.07) is 11.3. The molecule has 134 valence electrons. The van der Waals surface area contributed by atoms with Crippen molar-refractivity contribution >= 4 is 23.2 Å². The number of carbonyl (C=O) groups excluding carboxylic acids is 1. The number of methoxy groups -OCH3 is 2. The van der Waals surface area contributed by atoms with Crippen LogP contribution in [-0.4, -0.2) is 33.2 Å². The lowest BCUT2D eigenvalue weighted by atomic mass is 10.1. The first-order chi connectivity index (χ1) is 12.0. The van der Waals surface area contributed by atoms with Gasteiger partial charge >= 0.3 is 0 Å². The summed E-state index contributed by atoms with van der Waals surface area (Å²) in [5.74, 6) is 1.30. The molecule has 1 amide bonds. The van der Waals surface area contributed by atoms with Crippen LogP contribution >= 0.6 is 11.6 Å². The Kier molecular flexibility index (Phi) is 7.10. The van der Waals surface area contributed by atoms with Crippen molar-refractivity contribution in [3.8, 4) is 11.5 Å². The van der Waals surface area contributed by atoms with E-state index in [1.165, 1.54) is 0 Å². The Morgan fingerprint density at radius 1 is 1.08 bits per heavy atom. The molecule has 0 heterocycles. The molecular weight excluding hydrogens is 340 g/mol. The number of nitrogens with one attached hydrogen (secondary N) is 2. The first kappa shape index (κ1) is 19.1. The van der Waals surface area contributed by atoms with Gasteiger partial charge < -0.3 is 20.1 Å². The lowest BCUT2D eigenvalue weighted by Gasteiger charge is -2.10. The number of amides is 1. The van der Waals surface area contributed by atoms with E-state index in [-0.39, 0.29) is 12.5 Å². The minimum absolute atomic E-state index is 0.104. The quantitative estimate of drug-likeness (QED) is 0.706. The normalized spacial score (nSPS) is 10.4. The van der Waals surface area contributed by atoms with Crippen molar-refractivity contribution in [3.05, 3.63) is 52.5 Å². The van der Waals surface area contributed by atoms with Gasteiger partial charge in [-0.1, -0.05) is 23.7 Å². The molecule has 0 saturated heterocycles. The standard InChI is InChI=1S/C19H23ClN2O3/c1-13-4-6-15(11-16(13)20)22-19(23)12-21-9-8-14-5-7-17(24-2)18(10-14)25-3/h4-7,10-11,21H,8-9,12H2,1-3H3,(H,22,23). The van der Waals surface area contributed by atoms with E-state index in [2.05, 4.69) is 10.6 Å². The SMILES string of the molecule is COc1ccc(CCNCC(=O)Nc2ccc(C)c(Cl)c2)cc1OC. The molecule has 0 atom stereocenters. The van der Waals surface area contributed by atoms with Crippen LogP contribution in [0.3, 0.4) is 0 Å². The third kappa shape index (κ3) is 5.66. The van der Waals surface area contributed by atoms with Crippen LogP contribution in [0.1, 0.15) is 11.1 Å². The highest BCUT2D eigenvalue weighted by molar-refractivity contribution is 6.31. The predicted molar refractivity (Wildman–Crippen MR) is 101 cm³/mol. The molecule has 0 spiro atoms. The second kappa shape index (κ2) is 9.30. The van der Waals surface area contributed by atoms with Crippen molar-refractivity contribution in [2.75, 3.05) is 32.6 Å². The van der Waals surface area contributed by atoms with Crippen LogP contribution in [0.25, 0.3) is 0 Å². The van der Waals surface area contributed by atoms with Crippen molar-refractivity contribution in [1.29, 1.82) is 0 Å². The van der Waals surface area contributed by atoms with Gasteiger partial charge in [0.2, 0.25) is 5.91 Å². The van der Waals surface area contributed by atoms with Crippen LogP contribution in [0.15, 0.2) is 36.4 Å². The molecule has 2 N–H and O–H groups in total. The monoisotopic (exact) mass is 362 g/mol. The third-order valence-electron chi connectivity index (χ3n) is 3.78. The van der Waals surface area contributed by atoms with E-state index in [9.17, 15) is 4.79 Å². The van der Waals surface area contributed by atoms with Crippen molar-refractivity contribution in [2.24, 2.45) is 0 Å². The molecule has 2 aromatic rings. The van der Waals surface area contributed by atoms with Gasteiger partial charge in [-0.05, 0) is 55.3 Å². The van der Waals surface area contributed by atoms with Crippen LogP contribution in [0.4, 0.5) is 5.69 Å². The zero-order valence-electron chi connectivity index (χ0n) is 14.7. The van der Waals surface area contributed by atoms with Gasteiger partial charge in [0.25, 0.3) is 0 Å². The van der Waals surface area contributed by atoms with Gasteiger partial charge in [-0.15, -0.1) is 0 Å². The zero-order chi connectivity index (χ0) is 18.2. The van der Waals surface area contributed by atoms with E-state index in [1.54, 1.807) is 20.3 Å². The number of anilines is 1. The maximum atomic E-state index is 12.0. The molecule has 0 bridgehead atoms. The lowest BCUT2D eigenvalue weighted by Crippen LogP contribution is -2.29. The van der Waals surface area contributed by atoms with Crippen LogP contribution in [-0.2, 0) is 11.2 Å². The van der Waals surface area contributed by atoms with Crippen LogP contribution in [0.5, 0.6) is 11.5 Å². The minimum atomic E-state index is -0.104. The topological polar surface area (TPSA) is 59.6 Å². The summed E-state index contributed by atoms with van der Waals surface area (Å²) >= 11 is 6.05. The van der Waals surface area contributed by atoms with Crippen LogP contribution in [0, 0.1) is 6.92 Å². The molecule has 0 radical (unpaired) electrons. The summed E-state index contributed by atoms with van der Waals surface area (Å²) in [5.41, 5.74) is 2.78. The molecule has 0 aromatic heterocycles. The first-order valence-corrected chi connectivity index (χ1v) is 8.39. The highest BCUT2D eigenvalue weighted by Gasteiger charge is 2.06. The predicted octanol–water partition coefficient (Wildman–Crippen LogP) is 3.44.